The average Bonchev–Trinajstić information content (AvgIpc) is 4.14. The predicted molar refractivity (Wildman–Crippen MR) is 291 cm³/mol. The Balaban J connectivity index is 1.12. The summed E-state index contributed by atoms with van der Waals surface area (Å²) in [5.41, 5.74) is 15.0. The Morgan fingerprint density at radius 2 is 1.13 bits per heavy atom. The van der Waals surface area contributed by atoms with E-state index in [0.29, 0.717) is 5.84 Å². The third-order valence-corrected chi connectivity index (χ3v) is 17.4. The zero-order chi connectivity index (χ0) is 43.7. The first-order valence-corrected chi connectivity index (χ1v) is 25.3. The van der Waals surface area contributed by atoms with Crippen molar-refractivity contribution in [3.05, 3.63) is 205 Å². The number of nitrogens with zero attached hydrogens (tertiary/aromatic N) is 4. The van der Waals surface area contributed by atoms with Crippen molar-refractivity contribution in [2.24, 2.45) is 9.98 Å². The molecule has 0 N–H and O–H groups in total. The molecule has 312 valence electrons. The Bertz CT molecular complexity index is 4180. The number of pyridine rings is 1. The largest absolute Gasteiger partial charge is 0.310 e. The molecule has 0 saturated carbocycles. The highest BCUT2D eigenvalue weighted by molar-refractivity contribution is 7.27. The smallest absolute Gasteiger partial charge is 0.248 e. The lowest BCUT2D eigenvalue weighted by molar-refractivity contribution is 1.08. The van der Waals surface area contributed by atoms with Crippen LogP contribution in [0.4, 0.5) is 17.1 Å². The van der Waals surface area contributed by atoms with E-state index >= 15 is 0 Å². The van der Waals surface area contributed by atoms with Gasteiger partial charge >= 0.3 is 0 Å². The summed E-state index contributed by atoms with van der Waals surface area (Å²) in [6, 6.07) is 64.9. The minimum absolute atomic E-state index is 0.0106. The van der Waals surface area contributed by atoms with Crippen molar-refractivity contribution in [3.63, 3.8) is 0 Å². The van der Waals surface area contributed by atoms with Crippen LogP contribution in [-0.4, -0.2) is 23.2 Å². The molecule has 0 radical (unpaired) electrons. The van der Waals surface area contributed by atoms with Crippen LogP contribution in [0.15, 0.2) is 198 Å². The van der Waals surface area contributed by atoms with Gasteiger partial charge < -0.3 is 4.90 Å². The minimum Gasteiger partial charge on any atom is -0.310 e. The molecule has 8 heteroatoms. The van der Waals surface area contributed by atoms with Crippen molar-refractivity contribution in [3.8, 4) is 11.1 Å². The Morgan fingerprint density at radius 3 is 1.88 bits per heavy atom. The molecule has 0 aliphatic carbocycles. The van der Waals surface area contributed by atoms with Crippen LogP contribution in [0.1, 0.15) is 29.7 Å². The first kappa shape index (κ1) is 37.7. The second kappa shape index (κ2) is 14.5. The zero-order valence-corrected chi connectivity index (χ0v) is 38.4. The Hall–Kier alpha value is -7.49. The van der Waals surface area contributed by atoms with Gasteiger partial charge in [0.1, 0.15) is 0 Å². The van der Waals surface area contributed by atoms with Gasteiger partial charge in [-0.15, -0.1) is 34.0 Å². The maximum absolute atomic E-state index is 5.64. The van der Waals surface area contributed by atoms with Crippen LogP contribution in [0.3, 0.4) is 0 Å². The van der Waals surface area contributed by atoms with Crippen LogP contribution in [0.25, 0.3) is 77.3 Å². The van der Waals surface area contributed by atoms with Crippen molar-refractivity contribution < 1.29 is 0 Å². The van der Waals surface area contributed by atoms with Gasteiger partial charge in [-0.2, -0.15) is 0 Å². The number of aromatic nitrogens is 1. The summed E-state index contributed by atoms with van der Waals surface area (Å²) in [5, 5.41) is 7.77. The van der Waals surface area contributed by atoms with Crippen LogP contribution in [0.5, 0.6) is 0 Å². The van der Waals surface area contributed by atoms with E-state index in [-0.39, 0.29) is 6.71 Å². The third-order valence-electron chi connectivity index (χ3n) is 14.0. The maximum Gasteiger partial charge on any atom is 0.248 e. The summed E-state index contributed by atoms with van der Waals surface area (Å²) >= 11 is 5.65. The van der Waals surface area contributed by atoms with Gasteiger partial charge in [-0.25, -0.2) is 9.98 Å². The minimum atomic E-state index is 0.0106. The fraction of sp³-hybridized carbons (Fsp3) is 0.0339. The number of rotatable bonds is 4. The lowest BCUT2D eigenvalue weighted by Crippen LogP contribution is -2.54. The summed E-state index contributed by atoms with van der Waals surface area (Å²) in [7, 11) is 0. The summed E-state index contributed by atoms with van der Waals surface area (Å²) in [4.78, 5) is 18.7. The molecule has 3 aliphatic heterocycles. The first-order valence-electron chi connectivity index (χ1n) is 22.8. The van der Waals surface area contributed by atoms with Gasteiger partial charge in [0, 0.05) is 78.0 Å². The number of hydrogen-bond acceptors (Lipinski definition) is 7. The fourth-order valence-electron chi connectivity index (χ4n) is 11.3. The number of anilines is 3. The molecule has 7 heterocycles. The van der Waals surface area contributed by atoms with E-state index < -0.39 is 0 Å². The lowest BCUT2D eigenvalue weighted by atomic mass is 9.37. The van der Waals surface area contributed by atoms with E-state index in [0.717, 1.165) is 41.1 Å². The molecule has 0 spiro atoms. The van der Waals surface area contributed by atoms with Crippen LogP contribution in [0, 0.1) is 0 Å². The van der Waals surface area contributed by atoms with Gasteiger partial charge in [0.15, 0.2) is 5.84 Å². The molecule has 0 unspecified atom stereocenters. The average molecular weight is 907 g/mol. The van der Waals surface area contributed by atoms with E-state index in [2.05, 4.69) is 175 Å². The van der Waals surface area contributed by atoms with Crippen LogP contribution in [-0.2, 0) is 0 Å². The van der Waals surface area contributed by atoms with Crippen molar-refractivity contribution in [2.75, 3.05) is 4.90 Å². The van der Waals surface area contributed by atoms with Crippen LogP contribution in [0.2, 0.25) is 0 Å². The quantitative estimate of drug-likeness (QED) is 0.165. The molecule has 0 fully saturated rings. The molecule has 0 atom stereocenters. The molecule has 0 bridgehead atoms. The van der Waals surface area contributed by atoms with E-state index in [9.17, 15) is 0 Å². The van der Waals surface area contributed by atoms with Gasteiger partial charge in [-0.05, 0) is 107 Å². The normalized spacial score (nSPS) is 14.4. The SMILES string of the molecule is C1=C(c2ccccn2)N=C(c2cc3c4c(c2)N(c2cccc5sc6ccccc6c25)c2c(ccc5sc6ccccc6c25)B4c2ccc4sc5ccccc5c4c2-3)N=C(c2ccccc2)CC1. The lowest BCUT2D eigenvalue weighted by Gasteiger charge is -2.37. The monoisotopic (exact) mass is 906 g/mol. The standard InChI is InChI=1S/C59H35BN4S3/c1-2-14-34(15-3-1)42-20-12-21-44(43-19-10-11-31-61-43)63-59(62-42)35-32-39-53-40(27-29-51-55(53)37-17-5-8-24-48(37)66-51)60-41-28-30-52-56(38-18-6-9-25-49(38)67-52)58(41)64(46(33-35)57(39)60)45-22-13-26-50-54(45)36-16-4-7-23-47(36)65-50/h1-11,13-19,21-33H,12,20H2. The van der Waals surface area contributed by atoms with Gasteiger partial charge in [0.2, 0.25) is 6.71 Å². The second-order valence-corrected chi connectivity index (χ2v) is 20.9. The number of aliphatic imine (C=N–C) groups is 2. The molecule has 8 aromatic carbocycles. The van der Waals surface area contributed by atoms with Crippen molar-refractivity contribution in [1.29, 1.82) is 0 Å². The Kier molecular flexibility index (Phi) is 8.16. The molecule has 0 amide bonds. The van der Waals surface area contributed by atoms with E-state index in [1.807, 2.05) is 52.3 Å². The molecule has 4 nitrogen and oxygen atoms in total. The molecule has 67 heavy (non-hydrogen) atoms. The van der Waals surface area contributed by atoms with Crippen LogP contribution < -0.4 is 21.3 Å². The number of benzene rings is 8. The number of amidine groups is 1. The third kappa shape index (κ3) is 5.55. The van der Waals surface area contributed by atoms with Crippen molar-refractivity contribution in [1.82, 2.24) is 4.98 Å². The predicted octanol–water partition coefficient (Wildman–Crippen LogP) is 14.5. The number of fused-ring (bicyclic) bond motifs is 16. The summed E-state index contributed by atoms with van der Waals surface area (Å²) < 4.78 is 7.76. The second-order valence-electron chi connectivity index (χ2n) is 17.7. The van der Waals surface area contributed by atoms with Gasteiger partial charge in [-0.3, -0.25) is 4.98 Å². The van der Waals surface area contributed by atoms with E-state index in [1.165, 1.54) is 105 Å². The van der Waals surface area contributed by atoms with Crippen molar-refractivity contribution >= 4 is 152 Å². The van der Waals surface area contributed by atoms with Crippen LogP contribution >= 0.6 is 34.0 Å². The van der Waals surface area contributed by atoms with E-state index in [4.69, 9.17) is 15.0 Å². The molecule has 12 aromatic rings. The summed E-state index contributed by atoms with van der Waals surface area (Å²) in [6.45, 7) is 0.0106. The van der Waals surface area contributed by atoms with Gasteiger partial charge in [0.05, 0.1) is 28.5 Å². The van der Waals surface area contributed by atoms with Crippen molar-refractivity contribution in [2.45, 2.75) is 12.8 Å². The van der Waals surface area contributed by atoms with Gasteiger partial charge in [0.25, 0.3) is 0 Å². The fourth-order valence-corrected chi connectivity index (χ4v) is 14.6. The Morgan fingerprint density at radius 1 is 0.493 bits per heavy atom. The molecule has 0 saturated heterocycles. The van der Waals surface area contributed by atoms with Gasteiger partial charge in [-0.1, -0.05) is 121 Å². The highest BCUT2D eigenvalue weighted by Gasteiger charge is 2.45. The highest BCUT2D eigenvalue weighted by Crippen LogP contribution is 2.52. The molecular formula is C59H35BN4S3. The maximum atomic E-state index is 5.64. The molecular weight excluding hydrogens is 872 g/mol. The highest BCUT2D eigenvalue weighted by atomic mass is 32.1. The molecule has 15 rings (SSSR count). The zero-order valence-electron chi connectivity index (χ0n) is 35.9. The topological polar surface area (TPSA) is 40.9 Å². The van der Waals surface area contributed by atoms with E-state index in [1.54, 1.807) is 0 Å². The first-order chi connectivity index (χ1) is 33.2. The number of thiophene rings is 3. The molecule has 3 aliphatic rings. The summed E-state index contributed by atoms with van der Waals surface area (Å²) in [6.07, 6.45) is 5.68. The molecule has 4 aromatic heterocycles. The number of allylic oxidation sites excluding steroid dienone is 1. The Labute approximate surface area is 398 Å². The number of hydrogen-bond donors (Lipinski definition) is 0. The summed E-state index contributed by atoms with van der Waals surface area (Å²) in [5.74, 6) is 0.686.